The topological polar surface area (TPSA) is 12.9 Å². The lowest BCUT2D eigenvalue weighted by molar-refractivity contribution is 1.33. The summed E-state index contributed by atoms with van der Waals surface area (Å²) in [7, 11) is 0. The van der Waals surface area contributed by atoms with Gasteiger partial charge >= 0.3 is 0 Å². The molecule has 1 aromatic heterocycles. The fourth-order valence-corrected chi connectivity index (χ4v) is 7.88. The van der Waals surface area contributed by atoms with Crippen molar-refractivity contribution in [1.29, 1.82) is 0 Å². The fourth-order valence-electron chi connectivity index (χ4n) is 7.88. The Morgan fingerprint density at radius 1 is 0.271 bits per heavy atom. The molecule has 0 aliphatic rings. The Morgan fingerprint density at radius 2 is 0.750 bits per heavy atom. The minimum Gasteiger partial charge on any atom is -0.256 e. The lowest BCUT2D eigenvalue weighted by atomic mass is 9.83. The number of hydrogen-bond donors (Lipinski definition) is 0. The Morgan fingerprint density at radius 3 is 1.31 bits per heavy atom. The van der Waals surface area contributed by atoms with Gasteiger partial charge in [-0.1, -0.05) is 127 Å². The third-order valence-corrected chi connectivity index (χ3v) is 10.0. The summed E-state index contributed by atoms with van der Waals surface area (Å²) in [4.78, 5) is 4.70. The quantitative estimate of drug-likeness (QED) is 0.144. The largest absolute Gasteiger partial charge is 0.256 e. The molecular weight excluding hydrogens is 579 g/mol. The van der Waals surface area contributed by atoms with Crippen molar-refractivity contribution in [2.24, 2.45) is 0 Å². The third kappa shape index (κ3) is 4.08. The first-order valence-corrected chi connectivity index (χ1v) is 16.5. The van der Waals surface area contributed by atoms with Crippen LogP contribution in [-0.2, 0) is 0 Å². The molecule has 0 fully saturated rings. The van der Waals surface area contributed by atoms with Crippen LogP contribution in [0.2, 0.25) is 0 Å². The molecule has 0 unspecified atom stereocenters. The fraction of sp³-hybridized carbons (Fsp3) is 0. The molecule has 48 heavy (non-hydrogen) atoms. The van der Waals surface area contributed by atoms with Crippen molar-refractivity contribution in [1.82, 2.24) is 4.98 Å². The highest BCUT2D eigenvalue weighted by molar-refractivity contribution is 6.32. The number of hydrogen-bond acceptors (Lipinski definition) is 1. The number of aromatic nitrogens is 1. The zero-order valence-corrected chi connectivity index (χ0v) is 26.2. The van der Waals surface area contributed by atoms with Crippen LogP contribution < -0.4 is 0 Å². The highest BCUT2D eigenvalue weighted by Gasteiger charge is 2.20. The molecule has 0 atom stereocenters. The van der Waals surface area contributed by atoms with E-state index >= 15 is 0 Å². The van der Waals surface area contributed by atoms with E-state index < -0.39 is 0 Å². The van der Waals surface area contributed by atoms with E-state index in [4.69, 9.17) is 4.98 Å². The molecule has 0 aliphatic carbocycles. The van der Waals surface area contributed by atoms with Gasteiger partial charge in [0.2, 0.25) is 0 Å². The number of nitrogens with zero attached hydrogens (tertiary/aromatic N) is 1. The molecule has 9 aromatic carbocycles. The molecule has 0 aliphatic heterocycles. The van der Waals surface area contributed by atoms with Crippen molar-refractivity contribution in [3.8, 4) is 33.5 Å². The Kier molecular flexibility index (Phi) is 5.94. The van der Waals surface area contributed by atoms with Crippen molar-refractivity contribution >= 4 is 64.6 Å². The van der Waals surface area contributed by atoms with Crippen LogP contribution in [0.1, 0.15) is 0 Å². The van der Waals surface area contributed by atoms with Crippen LogP contribution in [0.15, 0.2) is 176 Å². The molecular formula is C47H29N. The molecule has 10 aromatic rings. The highest BCUT2D eigenvalue weighted by atomic mass is 14.7. The van der Waals surface area contributed by atoms with E-state index in [9.17, 15) is 0 Å². The minimum absolute atomic E-state index is 0.984. The molecule has 222 valence electrons. The Labute approximate surface area is 278 Å². The molecule has 1 heterocycles. The zero-order valence-electron chi connectivity index (χ0n) is 26.2. The maximum Gasteiger partial charge on any atom is 0.0702 e. The van der Waals surface area contributed by atoms with Crippen LogP contribution in [-0.4, -0.2) is 4.98 Å². The Bertz CT molecular complexity index is 2850. The van der Waals surface area contributed by atoms with Crippen molar-refractivity contribution in [3.05, 3.63) is 176 Å². The Balaban J connectivity index is 1.45. The van der Waals surface area contributed by atoms with Gasteiger partial charge in [0.1, 0.15) is 0 Å². The highest BCUT2D eigenvalue weighted by Crippen LogP contribution is 2.47. The van der Waals surface area contributed by atoms with Gasteiger partial charge in [-0.25, -0.2) is 0 Å². The van der Waals surface area contributed by atoms with E-state index in [0.29, 0.717) is 0 Å². The second-order valence-electron chi connectivity index (χ2n) is 12.7. The molecule has 0 radical (unpaired) electrons. The van der Waals surface area contributed by atoms with E-state index in [-0.39, 0.29) is 0 Å². The standard InChI is InChI=1S/C47H29N/c1-3-13-30(14-4-1)46-36-19-9-10-20-37(36)47(31-15-5-2-6-16-31)44-29-42-40-26-33-18-8-7-17-32(33)25-39(40)38-27-34(45-21-11-12-24-48-45)22-23-35(38)41(42)28-43(44)46/h1-29H. The molecule has 0 saturated carbocycles. The van der Waals surface area contributed by atoms with Crippen molar-refractivity contribution in [2.75, 3.05) is 0 Å². The molecule has 0 amide bonds. The van der Waals surface area contributed by atoms with E-state index in [1.54, 1.807) is 0 Å². The lowest BCUT2D eigenvalue weighted by Gasteiger charge is -2.20. The van der Waals surface area contributed by atoms with E-state index in [1.807, 2.05) is 12.3 Å². The number of fused-ring (bicyclic) bond motifs is 9. The van der Waals surface area contributed by atoms with Crippen molar-refractivity contribution < 1.29 is 0 Å². The summed E-state index contributed by atoms with van der Waals surface area (Å²) in [6.45, 7) is 0. The van der Waals surface area contributed by atoms with Crippen LogP contribution in [0, 0.1) is 0 Å². The van der Waals surface area contributed by atoms with Crippen LogP contribution >= 0.6 is 0 Å². The minimum atomic E-state index is 0.984. The van der Waals surface area contributed by atoms with Crippen LogP contribution in [0.5, 0.6) is 0 Å². The van der Waals surface area contributed by atoms with Gasteiger partial charge in [-0.2, -0.15) is 0 Å². The number of pyridine rings is 1. The van der Waals surface area contributed by atoms with Gasteiger partial charge in [0.05, 0.1) is 5.69 Å². The molecule has 0 spiro atoms. The maximum atomic E-state index is 4.70. The smallest absolute Gasteiger partial charge is 0.0702 e. The first-order chi connectivity index (χ1) is 23.8. The predicted octanol–water partition coefficient (Wildman–Crippen LogP) is 13.0. The summed E-state index contributed by atoms with van der Waals surface area (Å²) in [5.41, 5.74) is 7.12. The molecule has 10 rings (SSSR count). The number of rotatable bonds is 3. The molecule has 1 heteroatoms. The SMILES string of the molecule is c1ccc(-c2c3ccccc3c(-c3ccccc3)c3cc4c5cc6ccccc6cc5c5cc(-c6ccccn6)ccc5c4cc23)cc1. The van der Waals surface area contributed by atoms with E-state index in [1.165, 1.54) is 86.9 Å². The molecule has 0 bridgehead atoms. The van der Waals surface area contributed by atoms with Gasteiger partial charge in [0, 0.05) is 11.8 Å². The lowest BCUT2D eigenvalue weighted by Crippen LogP contribution is -1.93. The average molecular weight is 608 g/mol. The van der Waals surface area contributed by atoms with Crippen molar-refractivity contribution in [2.45, 2.75) is 0 Å². The second kappa shape index (κ2) is 10.6. The van der Waals surface area contributed by atoms with E-state index in [2.05, 4.69) is 164 Å². The second-order valence-corrected chi connectivity index (χ2v) is 12.7. The summed E-state index contributed by atoms with van der Waals surface area (Å²) in [5.74, 6) is 0. The van der Waals surface area contributed by atoms with Gasteiger partial charge in [-0.15, -0.1) is 0 Å². The summed E-state index contributed by atoms with van der Waals surface area (Å²) < 4.78 is 0. The van der Waals surface area contributed by atoms with Gasteiger partial charge in [-0.3, -0.25) is 4.98 Å². The summed E-state index contributed by atoms with van der Waals surface area (Å²) >= 11 is 0. The first-order valence-electron chi connectivity index (χ1n) is 16.5. The average Bonchev–Trinajstić information content (AvgIpc) is 3.16. The van der Waals surface area contributed by atoms with E-state index in [0.717, 1.165) is 11.3 Å². The van der Waals surface area contributed by atoms with Crippen molar-refractivity contribution in [3.63, 3.8) is 0 Å². The first kappa shape index (κ1) is 26.9. The van der Waals surface area contributed by atoms with Gasteiger partial charge in [0.15, 0.2) is 0 Å². The molecule has 1 nitrogen and oxygen atoms in total. The molecule has 0 N–H and O–H groups in total. The summed E-state index contributed by atoms with van der Waals surface area (Å²) in [6.07, 6.45) is 1.87. The summed E-state index contributed by atoms with van der Waals surface area (Å²) in [5, 5.41) is 15.1. The normalized spacial score (nSPS) is 11.8. The van der Waals surface area contributed by atoms with Crippen LogP contribution in [0.25, 0.3) is 98.1 Å². The third-order valence-electron chi connectivity index (χ3n) is 10.0. The van der Waals surface area contributed by atoms with Gasteiger partial charge in [-0.05, 0) is 129 Å². The van der Waals surface area contributed by atoms with Crippen LogP contribution in [0.4, 0.5) is 0 Å². The summed E-state index contributed by atoms with van der Waals surface area (Å²) in [6, 6.07) is 62.2. The van der Waals surface area contributed by atoms with Gasteiger partial charge < -0.3 is 0 Å². The zero-order chi connectivity index (χ0) is 31.6. The number of benzene rings is 9. The molecule has 0 saturated heterocycles. The maximum absolute atomic E-state index is 4.70. The Hall–Kier alpha value is -6.31. The predicted molar refractivity (Wildman–Crippen MR) is 206 cm³/mol. The van der Waals surface area contributed by atoms with Gasteiger partial charge in [0.25, 0.3) is 0 Å². The van der Waals surface area contributed by atoms with Crippen LogP contribution in [0.3, 0.4) is 0 Å². The monoisotopic (exact) mass is 607 g/mol.